The number of nitrogens with zero attached hydrogens (tertiary/aromatic N) is 3. The van der Waals surface area contributed by atoms with Gasteiger partial charge in [0.05, 0.1) is 6.54 Å². The standard InChI is InChI=1S/C19H18N4O3/c1-13(17-21-22-18(26-17)14-5-3-2-4-6-14)20-15-7-9-16(10-8-15)23-11-12-25-19(23)24/h2-10,13,20H,11-12H2,1H3/t13-/m0/s1. The van der Waals surface area contributed by atoms with E-state index in [0.717, 1.165) is 16.9 Å². The molecule has 2 aromatic carbocycles. The third kappa shape index (κ3) is 3.23. The Balaban J connectivity index is 1.44. The first kappa shape index (κ1) is 16.1. The van der Waals surface area contributed by atoms with Crippen LogP contribution in [0.25, 0.3) is 11.5 Å². The van der Waals surface area contributed by atoms with Crippen LogP contribution in [0.4, 0.5) is 16.2 Å². The highest BCUT2D eigenvalue weighted by atomic mass is 16.6. The van der Waals surface area contributed by atoms with Gasteiger partial charge in [0.25, 0.3) is 0 Å². The van der Waals surface area contributed by atoms with Gasteiger partial charge in [0.2, 0.25) is 11.8 Å². The lowest BCUT2D eigenvalue weighted by Crippen LogP contribution is -2.23. The number of nitrogens with one attached hydrogen (secondary N) is 1. The van der Waals surface area contributed by atoms with Gasteiger partial charge in [0.15, 0.2) is 0 Å². The van der Waals surface area contributed by atoms with E-state index in [1.165, 1.54) is 0 Å². The van der Waals surface area contributed by atoms with Crippen LogP contribution >= 0.6 is 0 Å². The molecule has 0 radical (unpaired) electrons. The van der Waals surface area contributed by atoms with Crippen molar-refractivity contribution < 1.29 is 13.9 Å². The lowest BCUT2D eigenvalue weighted by Gasteiger charge is -2.15. The summed E-state index contributed by atoms with van der Waals surface area (Å²) in [4.78, 5) is 13.2. The van der Waals surface area contributed by atoms with Crippen molar-refractivity contribution in [2.75, 3.05) is 23.4 Å². The Kier molecular flexibility index (Phi) is 4.27. The molecule has 1 aliphatic heterocycles. The number of hydrogen-bond donors (Lipinski definition) is 1. The predicted octanol–water partition coefficient (Wildman–Crippen LogP) is 3.87. The van der Waals surface area contributed by atoms with E-state index < -0.39 is 0 Å². The maximum Gasteiger partial charge on any atom is 0.414 e. The molecule has 3 aromatic rings. The number of cyclic esters (lactones) is 1. The summed E-state index contributed by atoms with van der Waals surface area (Å²) in [6, 6.07) is 17.1. The summed E-state index contributed by atoms with van der Waals surface area (Å²) in [7, 11) is 0. The SMILES string of the molecule is C[C@H](Nc1ccc(N2CCOC2=O)cc1)c1nnc(-c2ccccc2)o1. The van der Waals surface area contributed by atoms with E-state index in [-0.39, 0.29) is 12.1 Å². The molecule has 1 fully saturated rings. The zero-order valence-corrected chi connectivity index (χ0v) is 14.3. The van der Waals surface area contributed by atoms with Crippen LogP contribution in [0.15, 0.2) is 59.0 Å². The number of aromatic nitrogens is 2. The molecule has 7 heteroatoms. The monoisotopic (exact) mass is 350 g/mol. The molecule has 0 aliphatic carbocycles. The molecule has 132 valence electrons. The van der Waals surface area contributed by atoms with E-state index in [4.69, 9.17) is 9.15 Å². The molecule has 0 saturated carbocycles. The number of carbonyl (C=O) groups is 1. The second kappa shape index (κ2) is 6.87. The number of carbonyl (C=O) groups excluding carboxylic acids is 1. The molecule has 0 spiro atoms. The van der Waals surface area contributed by atoms with Gasteiger partial charge in [-0.25, -0.2) is 4.79 Å². The molecule has 1 amide bonds. The zero-order valence-electron chi connectivity index (χ0n) is 14.3. The topological polar surface area (TPSA) is 80.5 Å². The summed E-state index contributed by atoms with van der Waals surface area (Å²) in [6.07, 6.45) is -0.307. The lowest BCUT2D eigenvalue weighted by atomic mass is 10.2. The van der Waals surface area contributed by atoms with Crippen molar-refractivity contribution in [2.45, 2.75) is 13.0 Å². The molecule has 1 aromatic heterocycles. The zero-order chi connectivity index (χ0) is 17.9. The van der Waals surface area contributed by atoms with Gasteiger partial charge in [-0.15, -0.1) is 10.2 Å². The number of ether oxygens (including phenoxy) is 1. The van der Waals surface area contributed by atoms with Crippen LogP contribution in [-0.4, -0.2) is 29.4 Å². The number of amides is 1. The highest BCUT2D eigenvalue weighted by Gasteiger charge is 2.23. The van der Waals surface area contributed by atoms with E-state index >= 15 is 0 Å². The van der Waals surface area contributed by atoms with Crippen molar-refractivity contribution in [3.8, 4) is 11.5 Å². The summed E-state index contributed by atoms with van der Waals surface area (Å²) in [6.45, 7) is 2.96. The Morgan fingerprint density at radius 3 is 2.54 bits per heavy atom. The van der Waals surface area contributed by atoms with Gasteiger partial charge in [-0.3, -0.25) is 4.90 Å². The maximum atomic E-state index is 11.6. The molecule has 1 aliphatic rings. The van der Waals surface area contributed by atoms with Crippen LogP contribution < -0.4 is 10.2 Å². The number of rotatable bonds is 5. The third-order valence-electron chi connectivity index (χ3n) is 4.15. The van der Waals surface area contributed by atoms with Crippen LogP contribution in [0.1, 0.15) is 18.9 Å². The summed E-state index contributed by atoms with van der Waals surface area (Å²) < 4.78 is 10.7. The lowest BCUT2D eigenvalue weighted by molar-refractivity contribution is 0.181. The van der Waals surface area contributed by atoms with Gasteiger partial charge in [0, 0.05) is 16.9 Å². The molecule has 7 nitrogen and oxygen atoms in total. The molecule has 26 heavy (non-hydrogen) atoms. The van der Waals surface area contributed by atoms with Crippen LogP contribution in [0.5, 0.6) is 0 Å². The van der Waals surface area contributed by atoms with Gasteiger partial charge < -0.3 is 14.5 Å². The summed E-state index contributed by atoms with van der Waals surface area (Å²) in [5.74, 6) is 1.01. The molecular weight excluding hydrogens is 332 g/mol. The number of benzene rings is 2. The average molecular weight is 350 g/mol. The first-order valence-corrected chi connectivity index (χ1v) is 8.40. The van der Waals surface area contributed by atoms with E-state index in [1.54, 1.807) is 4.90 Å². The quantitative estimate of drug-likeness (QED) is 0.752. The van der Waals surface area contributed by atoms with Crippen molar-refractivity contribution in [1.29, 1.82) is 0 Å². The fourth-order valence-electron chi connectivity index (χ4n) is 2.78. The Morgan fingerprint density at radius 2 is 1.85 bits per heavy atom. The van der Waals surface area contributed by atoms with Crippen molar-refractivity contribution in [1.82, 2.24) is 10.2 Å². The molecule has 1 N–H and O–H groups in total. The predicted molar refractivity (Wildman–Crippen MR) is 96.9 cm³/mol. The molecule has 4 rings (SSSR count). The normalized spacial score (nSPS) is 15.0. The number of anilines is 2. The minimum Gasteiger partial charge on any atom is -0.447 e. The number of hydrogen-bond acceptors (Lipinski definition) is 6. The molecule has 2 heterocycles. The summed E-state index contributed by atoms with van der Waals surface area (Å²) in [5.41, 5.74) is 2.60. The van der Waals surface area contributed by atoms with E-state index in [2.05, 4.69) is 15.5 Å². The van der Waals surface area contributed by atoms with Gasteiger partial charge >= 0.3 is 6.09 Å². The minimum atomic E-state index is -0.307. The van der Waals surface area contributed by atoms with Gasteiger partial charge in [-0.2, -0.15) is 0 Å². The first-order valence-electron chi connectivity index (χ1n) is 8.40. The molecule has 1 saturated heterocycles. The van der Waals surface area contributed by atoms with E-state index in [1.807, 2.05) is 61.5 Å². The summed E-state index contributed by atoms with van der Waals surface area (Å²) >= 11 is 0. The third-order valence-corrected chi connectivity index (χ3v) is 4.15. The van der Waals surface area contributed by atoms with Crippen LogP contribution in [0.2, 0.25) is 0 Å². The van der Waals surface area contributed by atoms with Crippen LogP contribution in [0.3, 0.4) is 0 Å². The second-order valence-corrected chi connectivity index (χ2v) is 5.99. The van der Waals surface area contributed by atoms with Crippen molar-refractivity contribution in [3.63, 3.8) is 0 Å². The van der Waals surface area contributed by atoms with Gasteiger partial charge in [-0.05, 0) is 43.3 Å². The highest BCUT2D eigenvalue weighted by Crippen LogP contribution is 2.25. The first-order chi connectivity index (χ1) is 12.7. The molecular formula is C19H18N4O3. The minimum absolute atomic E-state index is 0.150. The molecule has 1 atom stereocenters. The maximum absolute atomic E-state index is 11.6. The second-order valence-electron chi connectivity index (χ2n) is 5.99. The van der Waals surface area contributed by atoms with Gasteiger partial charge in [0.1, 0.15) is 12.6 Å². The molecule has 0 bridgehead atoms. The smallest absolute Gasteiger partial charge is 0.414 e. The Morgan fingerprint density at radius 1 is 1.08 bits per heavy atom. The van der Waals surface area contributed by atoms with Crippen molar-refractivity contribution in [2.24, 2.45) is 0 Å². The van der Waals surface area contributed by atoms with Crippen molar-refractivity contribution in [3.05, 3.63) is 60.5 Å². The van der Waals surface area contributed by atoms with Crippen LogP contribution in [-0.2, 0) is 4.74 Å². The van der Waals surface area contributed by atoms with E-state index in [0.29, 0.717) is 24.9 Å². The summed E-state index contributed by atoms with van der Waals surface area (Å²) in [5, 5.41) is 11.6. The average Bonchev–Trinajstić information content (AvgIpc) is 3.32. The Bertz CT molecular complexity index is 893. The van der Waals surface area contributed by atoms with E-state index in [9.17, 15) is 4.79 Å². The van der Waals surface area contributed by atoms with Crippen molar-refractivity contribution >= 4 is 17.5 Å². The van der Waals surface area contributed by atoms with Crippen LogP contribution in [0, 0.1) is 0 Å². The largest absolute Gasteiger partial charge is 0.447 e. The fourth-order valence-corrected chi connectivity index (χ4v) is 2.78. The Labute approximate surface area is 150 Å². The fraction of sp³-hybridized carbons (Fsp3) is 0.211. The van der Waals surface area contributed by atoms with Gasteiger partial charge in [-0.1, -0.05) is 18.2 Å². The molecule has 0 unspecified atom stereocenters. The Hall–Kier alpha value is -3.35. The highest BCUT2D eigenvalue weighted by molar-refractivity contribution is 5.89.